The summed E-state index contributed by atoms with van der Waals surface area (Å²) in [5.74, 6) is 0. The first-order chi connectivity index (χ1) is 6.63. The lowest BCUT2D eigenvalue weighted by Crippen LogP contribution is -2.27. The Labute approximate surface area is 85.5 Å². The predicted molar refractivity (Wildman–Crippen MR) is 54.0 cm³/mol. The second-order valence-corrected chi connectivity index (χ2v) is 3.50. The highest BCUT2D eigenvalue weighted by Gasteiger charge is 2.14. The summed E-state index contributed by atoms with van der Waals surface area (Å²) in [6.45, 7) is 3.84. The van der Waals surface area contributed by atoms with E-state index in [-0.39, 0.29) is 19.3 Å². The Morgan fingerprint density at radius 2 is 1.64 bits per heavy atom. The third-order valence-electron chi connectivity index (χ3n) is 2.21. The van der Waals surface area contributed by atoms with Crippen molar-refractivity contribution in [2.24, 2.45) is 0 Å². The van der Waals surface area contributed by atoms with Crippen LogP contribution in [0.15, 0.2) is 0 Å². The molecule has 0 rings (SSSR count). The van der Waals surface area contributed by atoms with Gasteiger partial charge >= 0.3 is 0 Å². The van der Waals surface area contributed by atoms with Crippen LogP contribution in [0.2, 0.25) is 0 Å². The van der Waals surface area contributed by atoms with E-state index >= 15 is 0 Å². The van der Waals surface area contributed by atoms with Crippen LogP contribution in [-0.4, -0.2) is 46.8 Å². The van der Waals surface area contributed by atoms with Crippen molar-refractivity contribution in [2.75, 3.05) is 13.2 Å². The van der Waals surface area contributed by atoms with Gasteiger partial charge in [-0.15, -0.1) is 0 Å². The average Bonchev–Trinajstić information content (AvgIpc) is 2.22. The van der Waals surface area contributed by atoms with Crippen molar-refractivity contribution in [3.63, 3.8) is 0 Å². The summed E-state index contributed by atoms with van der Waals surface area (Å²) in [7, 11) is 0. The molecular formula is C10H22O4. The predicted octanol–water partition coefficient (Wildman–Crippen LogP) is 0.296. The lowest BCUT2D eigenvalue weighted by atomic mass is 10.1. The first-order valence-electron chi connectivity index (χ1n) is 5.22. The number of hydrogen-bond acceptors (Lipinski definition) is 4. The highest BCUT2D eigenvalue weighted by Crippen LogP contribution is 2.06. The molecule has 0 fully saturated rings. The van der Waals surface area contributed by atoms with E-state index in [2.05, 4.69) is 0 Å². The summed E-state index contributed by atoms with van der Waals surface area (Å²) in [6.07, 6.45) is 0.411. The molecule has 3 N–H and O–H groups in total. The standard InChI is InChI=1S/C10H22O4/c1-3-8(12)5-10(6-11)14-7-9(13)4-2/h8-13H,3-7H2,1-2H3. The molecule has 0 bridgehead atoms. The molecule has 0 radical (unpaired) electrons. The second-order valence-electron chi connectivity index (χ2n) is 3.50. The highest BCUT2D eigenvalue weighted by molar-refractivity contribution is 4.64. The number of aliphatic hydroxyl groups is 3. The van der Waals surface area contributed by atoms with Gasteiger partial charge in [-0.2, -0.15) is 0 Å². The van der Waals surface area contributed by atoms with Crippen LogP contribution < -0.4 is 0 Å². The van der Waals surface area contributed by atoms with Gasteiger partial charge in [-0.05, 0) is 12.8 Å². The molecule has 0 amide bonds. The molecular weight excluding hydrogens is 184 g/mol. The zero-order valence-electron chi connectivity index (χ0n) is 9.02. The summed E-state index contributed by atoms with van der Waals surface area (Å²) < 4.78 is 5.26. The van der Waals surface area contributed by atoms with Crippen molar-refractivity contribution < 1.29 is 20.1 Å². The van der Waals surface area contributed by atoms with Gasteiger partial charge in [0.05, 0.1) is 31.5 Å². The Bertz CT molecular complexity index is 129. The SMILES string of the molecule is CCC(O)COC(CO)CC(O)CC. The summed E-state index contributed by atoms with van der Waals surface area (Å²) in [5, 5.41) is 27.5. The lowest BCUT2D eigenvalue weighted by Gasteiger charge is -2.19. The van der Waals surface area contributed by atoms with Gasteiger partial charge in [0.25, 0.3) is 0 Å². The zero-order chi connectivity index (χ0) is 11.0. The molecule has 0 aromatic heterocycles. The molecule has 0 spiro atoms. The molecule has 0 heterocycles. The molecule has 0 aromatic rings. The first-order valence-corrected chi connectivity index (χ1v) is 5.22. The molecule has 0 aliphatic heterocycles. The molecule has 0 aliphatic carbocycles. The van der Waals surface area contributed by atoms with Crippen LogP contribution in [0.4, 0.5) is 0 Å². The average molecular weight is 206 g/mol. The topological polar surface area (TPSA) is 69.9 Å². The third kappa shape index (κ3) is 6.32. The molecule has 3 atom stereocenters. The van der Waals surface area contributed by atoms with Crippen LogP contribution in [0.5, 0.6) is 0 Å². The summed E-state index contributed by atoms with van der Waals surface area (Å²) in [5.41, 5.74) is 0. The smallest absolute Gasteiger partial charge is 0.0831 e. The largest absolute Gasteiger partial charge is 0.394 e. The van der Waals surface area contributed by atoms with E-state index in [1.165, 1.54) is 0 Å². The Balaban J connectivity index is 3.68. The van der Waals surface area contributed by atoms with Crippen LogP contribution in [0.3, 0.4) is 0 Å². The Morgan fingerprint density at radius 1 is 1.07 bits per heavy atom. The van der Waals surface area contributed by atoms with Crippen LogP contribution in [0.1, 0.15) is 33.1 Å². The zero-order valence-corrected chi connectivity index (χ0v) is 9.02. The quantitative estimate of drug-likeness (QED) is 0.534. The maximum atomic E-state index is 9.33. The van der Waals surface area contributed by atoms with Gasteiger partial charge in [0.15, 0.2) is 0 Å². The molecule has 14 heavy (non-hydrogen) atoms. The van der Waals surface area contributed by atoms with Crippen molar-refractivity contribution in [2.45, 2.75) is 51.4 Å². The minimum atomic E-state index is -0.484. The lowest BCUT2D eigenvalue weighted by molar-refractivity contribution is -0.0514. The molecule has 0 aromatic carbocycles. The molecule has 0 aliphatic rings. The second kappa shape index (κ2) is 8.17. The summed E-state index contributed by atoms with van der Waals surface area (Å²) in [4.78, 5) is 0. The van der Waals surface area contributed by atoms with E-state index in [0.717, 1.165) is 0 Å². The van der Waals surface area contributed by atoms with Gasteiger partial charge in [-0.25, -0.2) is 0 Å². The van der Waals surface area contributed by atoms with Crippen molar-refractivity contribution in [1.82, 2.24) is 0 Å². The van der Waals surface area contributed by atoms with E-state index in [1.807, 2.05) is 13.8 Å². The summed E-state index contributed by atoms with van der Waals surface area (Å²) >= 11 is 0. The van der Waals surface area contributed by atoms with E-state index in [4.69, 9.17) is 9.84 Å². The Hall–Kier alpha value is -0.160. The third-order valence-corrected chi connectivity index (χ3v) is 2.21. The fourth-order valence-electron chi connectivity index (χ4n) is 1.03. The minimum absolute atomic E-state index is 0.118. The Kier molecular flexibility index (Phi) is 8.08. The van der Waals surface area contributed by atoms with E-state index in [0.29, 0.717) is 19.3 Å². The number of hydrogen-bond donors (Lipinski definition) is 3. The maximum absolute atomic E-state index is 9.33. The van der Waals surface area contributed by atoms with E-state index in [9.17, 15) is 10.2 Å². The number of ether oxygens (including phenoxy) is 1. The van der Waals surface area contributed by atoms with Gasteiger partial charge in [0.1, 0.15) is 0 Å². The monoisotopic (exact) mass is 206 g/mol. The maximum Gasteiger partial charge on any atom is 0.0831 e. The van der Waals surface area contributed by atoms with Gasteiger partial charge in [0.2, 0.25) is 0 Å². The van der Waals surface area contributed by atoms with Crippen molar-refractivity contribution in [1.29, 1.82) is 0 Å². The van der Waals surface area contributed by atoms with Crippen LogP contribution in [0.25, 0.3) is 0 Å². The molecule has 3 unspecified atom stereocenters. The normalized spacial score (nSPS) is 17.8. The van der Waals surface area contributed by atoms with Gasteiger partial charge < -0.3 is 20.1 Å². The summed E-state index contributed by atoms with van der Waals surface area (Å²) in [6, 6.07) is 0. The van der Waals surface area contributed by atoms with Crippen LogP contribution in [-0.2, 0) is 4.74 Å². The van der Waals surface area contributed by atoms with Crippen molar-refractivity contribution in [3.8, 4) is 0 Å². The fourth-order valence-corrected chi connectivity index (χ4v) is 1.03. The number of aliphatic hydroxyl groups excluding tert-OH is 3. The molecule has 0 saturated heterocycles. The molecule has 4 nitrogen and oxygen atoms in total. The van der Waals surface area contributed by atoms with Crippen molar-refractivity contribution >= 4 is 0 Å². The first kappa shape index (κ1) is 13.8. The fraction of sp³-hybridized carbons (Fsp3) is 1.00. The van der Waals surface area contributed by atoms with Gasteiger partial charge in [-0.3, -0.25) is 0 Å². The molecule has 86 valence electrons. The highest BCUT2D eigenvalue weighted by atomic mass is 16.5. The minimum Gasteiger partial charge on any atom is -0.394 e. The number of rotatable bonds is 8. The molecule has 0 saturated carbocycles. The van der Waals surface area contributed by atoms with Crippen LogP contribution in [0, 0.1) is 0 Å². The molecule has 4 heteroatoms. The van der Waals surface area contributed by atoms with Crippen LogP contribution >= 0.6 is 0 Å². The van der Waals surface area contributed by atoms with E-state index < -0.39 is 12.2 Å². The van der Waals surface area contributed by atoms with Gasteiger partial charge in [0, 0.05) is 6.42 Å². The Morgan fingerprint density at radius 3 is 2.07 bits per heavy atom. The van der Waals surface area contributed by atoms with Crippen molar-refractivity contribution in [3.05, 3.63) is 0 Å². The van der Waals surface area contributed by atoms with Gasteiger partial charge in [-0.1, -0.05) is 13.8 Å². The van der Waals surface area contributed by atoms with E-state index in [1.54, 1.807) is 0 Å².